The molecule has 5 nitrogen and oxygen atoms in total. The molecular weight excluding hydrogens is 427 g/mol. The number of halogens is 1. The second-order valence-electron chi connectivity index (χ2n) is 6.11. The molecule has 0 heterocycles. The first kappa shape index (κ1) is 24.1. The van der Waals surface area contributed by atoms with Gasteiger partial charge in [0.15, 0.2) is 5.96 Å². The number of guanidine groups is 1. The Morgan fingerprint density at radius 3 is 2.56 bits per heavy atom. The molecule has 0 saturated carbocycles. The maximum atomic E-state index is 5.09. The van der Waals surface area contributed by atoms with E-state index in [1.54, 1.807) is 7.11 Å². The van der Waals surface area contributed by atoms with Gasteiger partial charge in [0.2, 0.25) is 0 Å². The van der Waals surface area contributed by atoms with E-state index in [-0.39, 0.29) is 24.0 Å². The predicted octanol–water partition coefficient (Wildman–Crippen LogP) is 2.93. The van der Waals surface area contributed by atoms with Crippen LogP contribution in [-0.4, -0.2) is 64.3 Å². The Bertz CT molecular complexity index is 456. The summed E-state index contributed by atoms with van der Waals surface area (Å²) in [5.74, 6) is 1.31. The average Bonchev–Trinajstić information content (AvgIpc) is 2.60. The van der Waals surface area contributed by atoms with Crippen LogP contribution in [0.4, 0.5) is 0 Å². The lowest BCUT2D eigenvalue weighted by atomic mass is 10.0. The first-order valence-electron chi connectivity index (χ1n) is 8.92. The highest BCUT2D eigenvalue weighted by atomic mass is 127. The minimum atomic E-state index is 0. The van der Waals surface area contributed by atoms with Gasteiger partial charge in [0.25, 0.3) is 0 Å². The molecule has 1 unspecified atom stereocenters. The number of hydrogen-bond donors (Lipinski definition) is 2. The third-order valence-corrected chi connectivity index (χ3v) is 3.91. The quantitative estimate of drug-likeness (QED) is 0.230. The highest BCUT2D eigenvalue weighted by Gasteiger charge is 2.05. The Balaban J connectivity index is 0.00000576. The fourth-order valence-corrected chi connectivity index (χ4v) is 2.41. The molecular formula is C19H35IN4O. The number of likely N-dealkylation sites (N-methyl/N-ethyl adjacent to an activating group) is 1. The molecule has 2 N–H and O–H groups in total. The standard InChI is InChI=1S/C19H34N4O.HI/c1-5-20-19(21-12-14-23(3)13-9-15-24-4)22-16-17(2)18-10-7-6-8-11-18;/h6-8,10-11,17H,5,9,12-16H2,1-4H3,(H2,20,21,22);1H. The lowest BCUT2D eigenvalue weighted by Crippen LogP contribution is -2.41. The predicted molar refractivity (Wildman–Crippen MR) is 118 cm³/mol. The summed E-state index contributed by atoms with van der Waals surface area (Å²) in [5, 5.41) is 6.73. The summed E-state index contributed by atoms with van der Waals surface area (Å²) in [6, 6.07) is 10.5. The minimum absolute atomic E-state index is 0. The Hall–Kier alpha value is -0.860. The second-order valence-corrected chi connectivity index (χ2v) is 6.11. The van der Waals surface area contributed by atoms with Crippen LogP contribution in [-0.2, 0) is 4.74 Å². The van der Waals surface area contributed by atoms with Gasteiger partial charge in [-0.05, 0) is 26.0 Å². The van der Waals surface area contributed by atoms with Gasteiger partial charge in [-0.2, -0.15) is 0 Å². The molecule has 0 amide bonds. The second kappa shape index (κ2) is 15.4. The van der Waals surface area contributed by atoms with E-state index in [2.05, 4.69) is 60.7 Å². The Morgan fingerprint density at radius 2 is 1.92 bits per heavy atom. The topological polar surface area (TPSA) is 48.9 Å². The summed E-state index contributed by atoms with van der Waals surface area (Å²) in [6.45, 7) is 9.70. The van der Waals surface area contributed by atoms with Crippen LogP contribution in [0.25, 0.3) is 0 Å². The van der Waals surface area contributed by atoms with Crippen LogP contribution < -0.4 is 10.6 Å². The van der Waals surface area contributed by atoms with E-state index in [4.69, 9.17) is 9.73 Å². The molecule has 1 aromatic rings. The van der Waals surface area contributed by atoms with E-state index in [0.717, 1.165) is 51.7 Å². The molecule has 0 radical (unpaired) electrons. The van der Waals surface area contributed by atoms with E-state index in [1.165, 1.54) is 5.56 Å². The number of rotatable bonds is 11. The van der Waals surface area contributed by atoms with E-state index < -0.39 is 0 Å². The van der Waals surface area contributed by atoms with Gasteiger partial charge >= 0.3 is 0 Å². The Labute approximate surface area is 170 Å². The maximum absolute atomic E-state index is 5.09. The van der Waals surface area contributed by atoms with Crippen molar-refractivity contribution in [3.63, 3.8) is 0 Å². The van der Waals surface area contributed by atoms with Gasteiger partial charge in [0.1, 0.15) is 0 Å². The van der Waals surface area contributed by atoms with Gasteiger partial charge in [0, 0.05) is 52.4 Å². The highest BCUT2D eigenvalue weighted by Crippen LogP contribution is 2.14. The first-order chi connectivity index (χ1) is 11.7. The van der Waals surface area contributed by atoms with Gasteiger partial charge in [-0.1, -0.05) is 37.3 Å². The van der Waals surface area contributed by atoms with Crippen LogP contribution in [0, 0.1) is 0 Å². The van der Waals surface area contributed by atoms with E-state index in [0.29, 0.717) is 5.92 Å². The summed E-state index contributed by atoms with van der Waals surface area (Å²) < 4.78 is 5.09. The monoisotopic (exact) mass is 462 g/mol. The van der Waals surface area contributed by atoms with Crippen molar-refractivity contribution in [2.24, 2.45) is 4.99 Å². The number of nitrogens with one attached hydrogen (secondary N) is 2. The number of ether oxygens (including phenoxy) is 1. The van der Waals surface area contributed by atoms with Crippen LogP contribution in [0.15, 0.2) is 35.3 Å². The van der Waals surface area contributed by atoms with Crippen LogP contribution >= 0.6 is 24.0 Å². The molecule has 1 rings (SSSR count). The molecule has 0 aliphatic carbocycles. The molecule has 0 fully saturated rings. The van der Waals surface area contributed by atoms with Crippen molar-refractivity contribution in [3.8, 4) is 0 Å². The zero-order valence-electron chi connectivity index (χ0n) is 16.1. The summed E-state index contributed by atoms with van der Waals surface area (Å²) >= 11 is 0. The van der Waals surface area contributed by atoms with Crippen LogP contribution in [0.5, 0.6) is 0 Å². The van der Waals surface area contributed by atoms with Crippen LogP contribution in [0.2, 0.25) is 0 Å². The molecule has 1 atom stereocenters. The summed E-state index contributed by atoms with van der Waals surface area (Å²) in [5.41, 5.74) is 1.33. The molecule has 0 saturated heterocycles. The molecule has 144 valence electrons. The lowest BCUT2D eigenvalue weighted by molar-refractivity contribution is 0.180. The molecule has 25 heavy (non-hydrogen) atoms. The molecule has 0 spiro atoms. The zero-order chi connectivity index (χ0) is 17.6. The van der Waals surface area contributed by atoms with E-state index >= 15 is 0 Å². The Morgan fingerprint density at radius 1 is 1.20 bits per heavy atom. The normalized spacial score (nSPS) is 12.6. The summed E-state index contributed by atoms with van der Waals surface area (Å²) in [4.78, 5) is 7.03. The van der Waals surface area contributed by atoms with E-state index in [9.17, 15) is 0 Å². The largest absolute Gasteiger partial charge is 0.385 e. The van der Waals surface area contributed by atoms with Gasteiger partial charge in [-0.25, -0.2) is 0 Å². The number of benzene rings is 1. The minimum Gasteiger partial charge on any atom is -0.385 e. The van der Waals surface area contributed by atoms with Gasteiger partial charge in [0.05, 0.1) is 0 Å². The first-order valence-corrected chi connectivity index (χ1v) is 8.92. The third kappa shape index (κ3) is 11.4. The smallest absolute Gasteiger partial charge is 0.191 e. The van der Waals surface area contributed by atoms with Gasteiger partial charge in [-0.3, -0.25) is 4.99 Å². The van der Waals surface area contributed by atoms with Crippen LogP contribution in [0.1, 0.15) is 31.7 Å². The number of hydrogen-bond acceptors (Lipinski definition) is 3. The highest BCUT2D eigenvalue weighted by molar-refractivity contribution is 14.0. The maximum Gasteiger partial charge on any atom is 0.191 e. The van der Waals surface area contributed by atoms with E-state index in [1.807, 2.05) is 6.07 Å². The number of methoxy groups -OCH3 is 1. The molecule has 0 aliphatic rings. The van der Waals surface area contributed by atoms with Crippen molar-refractivity contribution >= 4 is 29.9 Å². The van der Waals surface area contributed by atoms with Crippen molar-refractivity contribution in [1.82, 2.24) is 15.5 Å². The third-order valence-electron chi connectivity index (χ3n) is 3.91. The molecule has 0 aromatic heterocycles. The molecule has 1 aromatic carbocycles. The van der Waals surface area contributed by atoms with Crippen LogP contribution in [0.3, 0.4) is 0 Å². The van der Waals surface area contributed by atoms with Gasteiger partial charge in [-0.15, -0.1) is 24.0 Å². The van der Waals surface area contributed by atoms with Crippen molar-refractivity contribution < 1.29 is 4.74 Å². The van der Waals surface area contributed by atoms with Crippen molar-refractivity contribution in [2.75, 3.05) is 53.5 Å². The summed E-state index contributed by atoms with van der Waals surface area (Å²) in [7, 11) is 3.88. The summed E-state index contributed by atoms with van der Waals surface area (Å²) in [6.07, 6.45) is 1.07. The van der Waals surface area contributed by atoms with Crippen molar-refractivity contribution in [2.45, 2.75) is 26.2 Å². The molecule has 0 aliphatic heterocycles. The molecule has 6 heteroatoms. The zero-order valence-corrected chi connectivity index (χ0v) is 18.5. The number of aliphatic imine (C=N–C) groups is 1. The van der Waals surface area contributed by atoms with Crippen molar-refractivity contribution in [3.05, 3.63) is 35.9 Å². The van der Waals surface area contributed by atoms with Crippen molar-refractivity contribution in [1.29, 1.82) is 0 Å². The lowest BCUT2D eigenvalue weighted by Gasteiger charge is -2.18. The average molecular weight is 462 g/mol. The fourth-order valence-electron chi connectivity index (χ4n) is 2.41. The van der Waals surface area contributed by atoms with Gasteiger partial charge < -0.3 is 20.3 Å². The number of nitrogens with zero attached hydrogens (tertiary/aromatic N) is 2. The molecule has 0 bridgehead atoms. The fraction of sp³-hybridized carbons (Fsp3) is 0.632. The Kier molecular flexibility index (Phi) is 14.9. The SMILES string of the molecule is CCNC(=NCC(C)c1ccccc1)NCCN(C)CCCOC.I.